The van der Waals surface area contributed by atoms with E-state index >= 15 is 0 Å². The average molecular weight is 218 g/mol. The fraction of sp³-hybridized carbons (Fsp3) is 0.462. The molecule has 0 atom stereocenters. The molecular weight excluding hydrogens is 200 g/mol. The zero-order valence-corrected chi connectivity index (χ0v) is 10.1. The second kappa shape index (κ2) is 3.59. The van der Waals surface area contributed by atoms with E-state index in [4.69, 9.17) is 5.73 Å². The number of nitrogens with zero attached hydrogens (tertiary/aromatic N) is 1. The van der Waals surface area contributed by atoms with Crippen molar-refractivity contribution in [1.29, 1.82) is 0 Å². The molecule has 1 aromatic carbocycles. The topological polar surface area (TPSA) is 46.3 Å². The predicted octanol–water partition coefficient (Wildman–Crippen LogP) is 1.44. The number of nitrogens with two attached hydrogens (primary N) is 1. The molecule has 1 aliphatic rings. The van der Waals surface area contributed by atoms with E-state index < -0.39 is 0 Å². The molecule has 1 aliphatic heterocycles. The van der Waals surface area contributed by atoms with Crippen molar-refractivity contribution < 1.29 is 4.79 Å². The van der Waals surface area contributed by atoms with Crippen LogP contribution in [0.25, 0.3) is 0 Å². The van der Waals surface area contributed by atoms with Crippen molar-refractivity contribution in [3.63, 3.8) is 0 Å². The van der Waals surface area contributed by atoms with E-state index in [1.165, 1.54) is 5.56 Å². The number of likely N-dealkylation sites (N-methyl/N-ethyl adjacent to an activating group) is 1. The first-order valence-corrected chi connectivity index (χ1v) is 5.56. The molecule has 0 radical (unpaired) electrons. The molecule has 0 unspecified atom stereocenters. The van der Waals surface area contributed by atoms with Gasteiger partial charge in [0.15, 0.2) is 0 Å². The van der Waals surface area contributed by atoms with Crippen molar-refractivity contribution in [1.82, 2.24) is 0 Å². The minimum absolute atomic E-state index is 0.0285. The zero-order valence-electron chi connectivity index (χ0n) is 10.1. The molecule has 0 fully saturated rings. The molecule has 0 aromatic heterocycles. The van der Waals surface area contributed by atoms with E-state index in [1.54, 1.807) is 4.90 Å². The van der Waals surface area contributed by atoms with Gasteiger partial charge in [-0.05, 0) is 17.2 Å². The lowest BCUT2D eigenvalue weighted by Crippen LogP contribution is -2.28. The third-order valence-corrected chi connectivity index (χ3v) is 3.45. The number of carbonyl (C=O) groups excluding carboxylic acids is 1. The smallest absolute Gasteiger partial charge is 0.231 e. The van der Waals surface area contributed by atoms with Crippen molar-refractivity contribution in [3.8, 4) is 0 Å². The van der Waals surface area contributed by atoms with Crippen LogP contribution in [0.2, 0.25) is 0 Å². The molecule has 1 amide bonds. The highest BCUT2D eigenvalue weighted by atomic mass is 16.2. The molecule has 86 valence electrons. The number of carbonyl (C=O) groups is 1. The van der Waals surface area contributed by atoms with E-state index in [9.17, 15) is 4.79 Å². The second-order valence-electron chi connectivity index (χ2n) is 5.06. The largest absolute Gasteiger partial charge is 0.330 e. The summed E-state index contributed by atoms with van der Waals surface area (Å²) in [7, 11) is 1.82. The van der Waals surface area contributed by atoms with Gasteiger partial charge in [-0.25, -0.2) is 0 Å². The van der Waals surface area contributed by atoms with Crippen molar-refractivity contribution in [2.24, 2.45) is 5.73 Å². The molecule has 0 saturated carbocycles. The van der Waals surface area contributed by atoms with Gasteiger partial charge in [0.1, 0.15) is 0 Å². The van der Waals surface area contributed by atoms with E-state index in [0.717, 1.165) is 11.3 Å². The standard InChI is InChI=1S/C13H18N2O/c1-13(2,8-14)10-4-5-11-9(6-10)7-12(16)15(11)3/h4-6H,7-8,14H2,1-3H3. The van der Waals surface area contributed by atoms with E-state index in [1.807, 2.05) is 13.1 Å². The summed E-state index contributed by atoms with van der Waals surface area (Å²) in [6, 6.07) is 6.21. The number of rotatable bonds is 2. The van der Waals surface area contributed by atoms with Crippen molar-refractivity contribution in [2.45, 2.75) is 25.7 Å². The highest BCUT2D eigenvalue weighted by molar-refractivity contribution is 6.00. The molecule has 2 rings (SSSR count). The molecule has 1 aromatic rings. The van der Waals surface area contributed by atoms with Crippen LogP contribution in [0, 0.1) is 0 Å². The Hall–Kier alpha value is -1.35. The lowest BCUT2D eigenvalue weighted by atomic mass is 9.84. The summed E-state index contributed by atoms with van der Waals surface area (Å²) in [5.74, 6) is 0.165. The Kier molecular flexibility index (Phi) is 2.50. The zero-order chi connectivity index (χ0) is 11.9. The molecule has 0 bridgehead atoms. The number of anilines is 1. The molecule has 0 saturated heterocycles. The van der Waals surface area contributed by atoms with Gasteiger partial charge < -0.3 is 10.6 Å². The summed E-state index contributed by atoms with van der Waals surface area (Å²) >= 11 is 0. The number of benzene rings is 1. The van der Waals surface area contributed by atoms with Gasteiger partial charge in [0, 0.05) is 24.7 Å². The minimum atomic E-state index is -0.0285. The first kappa shape index (κ1) is 11.1. The molecule has 2 N–H and O–H groups in total. The Labute approximate surface area is 96.2 Å². The molecule has 0 aliphatic carbocycles. The maximum atomic E-state index is 11.6. The summed E-state index contributed by atoms with van der Waals surface area (Å²) in [5, 5.41) is 0. The monoisotopic (exact) mass is 218 g/mol. The maximum Gasteiger partial charge on any atom is 0.231 e. The lowest BCUT2D eigenvalue weighted by Gasteiger charge is -2.24. The molecule has 3 heteroatoms. The van der Waals surface area contributed by atoms with Gasteiger partial charge in [-0.2, -0.15) is 0 Å². The summed E-state index contributed by atoms with van der Waals surface area (Å²) < 4.78 is 0. The van der Waals surface area contributed by atoms with Crippen LogP contribution in [0.4, 0.5) is 5.69 Å². The lowest BCUT2D eigenvalue weighted by molar-refractivity contribution is -0.117. The fourth-order valence-electron chi connectivity index (χ4n) is 2.01. The van der Waals surface area contributed by atoms with E-state index in [-0.39, 0.29) is 11.3 Å². The third kappa shape index (κ3) is 1.61. The molecular formula is C13H18N2O. The van der Waals surface area contributed by atoms with Gasteiger partial charge in [0.25, 0.3) is 0 Å². The summed E-state index contributed by atoms with van der Waals surface area (Å²) in [4.78, 5) is 13.3. The number of hydrogen-bond donors (Lipinski definition) is 1. The number of fused-ring (bicyclic) bond motifs is 1. The fourth-order valence-corrected chi connectivity index (χ4v) is 2.01. The Morgan fingerprint density at radius 3 is 2.75 bits per heavy atom. The predicted molar refractivity (Wildman–Crippen MR) is 65.6 cm³/mol. The Morgan fingerprint density at radius 2 is 2.12 bits per heavy atom. The second-order valence-corrected chi connectivity index (χ2v) is 5.06. The molecule has 16 heavy (non-hydrogen) atoms. The van der Waals surface area contributed by atoms with Gasteiger partial charge >= 0.3 is 0 Å². The van der Waals surface area contributed by atoms with Gasteiger partial charge in [0.2, 0.25) is 5.91 Å². The van der Waals surface area contributed by atoms with Gasteiger partial charge in [-0.3, -0.25) is 4.79 Å². The Balaban J connectivity index is 2.43. The van der Waals surface area contributed by atoms with Crippen molar-refractivity contribution in [2.75, 3.05) is 18.5 Å². The summed E-state index contributed by atoms with van der Waals surface area (Å²) in [5.41, 5.74) is 9.08. The SMILES string of the molecule is CN1C(=O)Cc2cc(C(C)(C)CN)ccc21. The number of hydrogen-bond acceptors (Lipinski definition) is 2. The Morgan fingerprint density at radius 1 is 1.44 bits per heavy atom. The van der Waals surface area contributed by atoms with Crippen LogP contribution in [-0.2, 0) is 16.6 Å². The Bertz CT molecular complexity index is 438. The molecule has 0 spiro atoms. The quantitative estimate of drug-likeness (QED) is 0.816. The van der Waals surface area contributed by atoms with Gasteiger partial charge in [-0.15, -0.1) is 0 Å². The summed E-state index contributed by atoms with van der Waals surface area (Å²) in [6.45, 7) is 4.85. The number of amides is 1. The van der Waals surface area contributed by atoms with Crippen LogP contribution >= 0.6 is 0 Å². The van der Waals surface area contributed by atoms with Gasteiger partial charge in [0.05, 0.1) is 6.42 Å². The first-order chi connectivity index (χ1) is 7.45. The minimum Gasteiger partial charge on any atom is -0.330 e. The van der Waals surface area contributed by atoms with Crippen LogP contribution in [0.5, 0.6) is 0 Å². The van der Waals surface area contributed by atoms with Crippen molar-refractivity contribution >= 4 is 11.6 Å². The maximum absolute atomic E-state index is 11.6. The van der Waals surface area contributed by atoms with Gasteiger partial charge in [-0.1, -0.05) is 26.0 Å². The molecule has 3 nitrogen and oxygen atoms in total. The van der Waals surface area contributed by atoms with E-state index in [2.05, 4.69) is 26.0 Å². The van der Waals surface area contributed by atoms with Crippen LogP contribution in [0.3, 0.4) is 0 Å². The van der Waals surface area contributed by atoms with Crippen LogP contribution < -0.4 is 10.6 Å². The summed E-state index contributed by atoms with van der Waals surface area (Å²) in [6.07, 6.45) is 0.514. The normalized spacial score (nSPS) is 15.5. The molecule has 1 heterocycles. The van der Waals surface area contributed by atoms with Crippen LogP contribution in [-0.4, -0.2) is 19.5 Å². The van der Waals surface area contributed by atoms with Crippen molar-refractivity contribution in [3.05, 3.63) is 29.3 Å². The van der Waals surface area contributed by atoms with Crippen LogP contribution in [0.15, 0.2) is 18.2 Å². The highest BCUT2D eigenvalue weighted by Gasteiger charge is 2.26. The third-order valence-electron chi connectivity index (χ3n) is 3.45. The first-order valence-electron chi connectivity index (χ1n) is 5.56. The highest BCUT2D eigenvalue weighted by Crippen LogP contribution is 2.32. The van der Waals surface area contributed by atoms with E-state index in [0.29, 0.717) is 13.0 Å². The van der Waals surface area contributed by atoms with Crippen LogP contribution in [0.1, 0.15) is 25.0 Å². The average Bonchev–Trinajstić information content (AvgIpc) is 2.54.